The highest BCUT2D eigenvalue weighted by molar-refractivity contribution is 6.42. The molecule has 2 nitrogen and oxygen atoms in total. The van der Waals surface area contributed by atoms with Crippen LogP contribution in [0.15, 0.2) is 48.5 Å². The maximum absolute atomic E-state index is 11.7. The summed E-state index contributed by atoms with van der Waals surface area (Å²) in [6, 6.07) is 12.5. The fraction of sp³-hybridized carbons (Fsp3) is 0.0625. The molecule has 0 bridgehead atoms. The van der Waals surface area contributed by atoms with Crippen LogP contribution in [0.2, 0.25) is 15.1 Å². The van der Waals surface area contributed by atoms with Crippen LogP contribution in [-0.4, -0.2) is 5.91 Å². The minimum atomic E-state index is -0.184. The van der Waals surface area contributed by atoms with Gasteiger partial charge in [0.2, 0.25) is 5.91 Å². The summed E-state index contributed by atoms with van der Waals surface area (Å²) in [7, 11) is 0. The zero-order valence-corrected chi connectivity index (χ0v) is 13.2. The molecule has 0 aliphatic carbocycles. The number of carbonyl (C=O) groups excluding carboxylic acids is 1. The molecule has 0 radical (unpaired) electrons. The van der Waals surface area contributed by atoms with E-state index in [9.17, 15) is 4.79 Å². The Morgan fingerprint density at radius 2 is 1.71 bits per heavy atom. The van der Waals surface area contributed by atoms with Crippen LogP contribution < -0.4 is 5.32 Å². The molecule has 2 aromatic rings. The fourth-order valence-corrected chi connectivity index (χ4v) is 2.09. The van der Waals surface area contributed by atoms with Crippen molar-refractivity contribution in [2.45, 2.75) is 6.54 Å². The topological polar surface area (TPSA) is 29.1 Å². The fourth-order valence-electron chi connectivity index (χ4n) is 1.64. The van der Waals surface area contributed by atoms with E-state index in [-0.39, 0.29) is 5.91 Å². The van der Waals surface area contributed by atoms with Crippen molar-refractivity contribution in [2.75, 3.05) is 0 Å². The molecule has 0 fully saturated rings. The van der Waals surface area contributed by atoms with E-state index in [4.69, 9.17) is 34.8 Å². The standard InChI is InChI=1S/C16H12Cl3NO/c17-13-5-1-11(2-6-13)4-8-16(21)20-10-12-3-7-14(18)15(19)9-12/h1-9H,10H2,(H,20,21). The number of hydrogen-bond donors (Lipinski definition) is 1. The number of rotatable bonds is 4. The average Bonchev–Trinajstić information content (AvgIpc) is 2.48. The van der Waals surface area contributed by atoms with Crippen LogP contribution in [0.3, 0.4) is 0 Å². The maximum atomic E-state index is 11.7. The summed E-state index contributed by atoms with van der Waals surface area (Å²) in [6.07, 6.45) is 3.20. The molecule has 0 aromatic heterocycles. The van der Waals surface area contributed by atoms with Crippen LogP contribution in [0.1, 0.15) is 11.1 Å². The van der Waals surface area contributed by atoms with Crippen molar-refractivity contribution in [1.29, 1.82) is 0 Å². The molecule has 0 unspecified atom stereocenters. The van der Waals surface area contributed by atoms with E-state index in [1.165, 1.54) is 6.08 Å². The lowest BCUT2D eigenvalue weighted by atomic mass is 10.2. The molecule has 0 saturated carbocycles. The summed E-state index contributed by atoms with van der Waals surface area (Å²) in [5, 5.41) is 4.40. The van der Waals surface area contributed by atoms with E-state index in [2.05, 4.69) is 5.32 Å². The van der Waals surface area contributed by atoms with Crippen LogP contribution in [-0.2, 0) is 11.3 Å². The second-order valence-electron chi connectivity index (χ2n) is 4.35. The Labute approximate surface area is 138 Å². The summed E-state index contributed by atoms with van der Waals surface area (Å²) < 4.78 is 0. The minimum Gasteiger partial charge on any atom is -0.348 e. The lowest BCUT2D eigenvalue weighted by Crippen LogP contribution is -2.20. The summed E-state index contributed by atoms with van der Waals surface area (Å²) in [5.41, 5.74) is 1.79. The third kappa shape index (κ3) is 5.09. The second-order valence-corrected chi connectivity index (χ2v) is 5.60. The Morgan fingerprint density at radius 3 is 2.38 bits per heavy atom. The van der Waals surface area contributed by atoms with E-state index in [0.717, 1.165) is 11.1 Å². The van der Waals surface area contributed by atoms with Crippen LogP contribution in [0.5, 0.6) is 0 Å². The van der Waals surface area contributed by atoms with Gasteiger partial charge in [-0.2, -0.15) is 0 Å². The second kappa shape index (κ2) is 7.51. The molecule has 0 aliphatic rings. The molecular weight excluding hydrogens is 329 g/mol. The summed E-state index contributed by atoms with van der Waals surface area (Å²) >= 11 is 17.5. The Morgan fingerprint density at radius 1 is 1.00 bits per heavy atom. The Balaban J connectivity index is 1.89. The van der Waals surface area contributed by atoms with Crippen LogP contribution in [0.25, 0.3) is 6.08 Å². The Hall–Kier alpha value is -1.48. The predicted molar refractivity (Wildman–Crippen MR) is 88.8 cm³/mol. The van der Waals surface area contributed by atoms with Crippen molar-refractivity contribution in [3.05, 3.63) is 74.7 Å². The van der Waals surface area contributed by atoms with Gasteiger partial charge in [0, 0.05) is 17.6 Å². The van der Waals surface area contributed by atoms with E-state index in [1.807, 2.05) is 18.2 Å². The largest absolute Gasteiger partial charge is 0.348 e. The van der Waals surface area contributed by atoms with Gasteiger partial charge >= 0.3 is 0 Å². The van der Waals surface area contributed by atoms with E-state index in [0.29, 0.717) is 21.6 Å². The number of amides is 1. The Kier molecular flexibility index (Phi) is 5.68. The molecule has 0 spiro atoms. The van der Waals surface area contributed by atoms with Gasteiger partial charge in [0.05, 0.1) is 10.0 Å². The quantitative estimate of drug-likeness (QED) is 0.782. The molecule has 0 heterocycles. The smallest absolute Gasteiger partial charge is 0.244 e. The number of benzene rings is 2. The molecule has 0 atom stereocenters. The van der Waals surface area contributed by atoms with Gasteiger partial charge in [-0.05, 0) is 41.5 Å². The van der Waals surface area contributed by atoms with Crippen LogP contribution >= 0.6 is 34.8 Å². The zero-order valence-electron chi connectivity index (χ0n) is 10.9. The molecule has 0 aliphatic heterocycles. The maximum Gasteiger partial charge on any atom is 0.244 e. The van der Waals surface area contributed by atoms with Crippen molar-refractivity contribution < 1.29 is 4.79 Å². The van der Waals surface area contributed by atoms with Crippen molar-refractivity contribution >= 4 is 46.8 Å². The van der Waals surface area contributed by atoms with Crippen molar-refractivity contribution in [3.8, 4) is 0 Å². The van der Waals surface area contributed by atoms with E-state index >= 15 is 0 Å². The molecule has 1 N–H and O–H groups in total. The molecule has 1 amide bonds. The lowest BCUT2D eigenvalue weighted by molar-refractivity contribution is -0.116. The monoisotopic (exact) mass is 339 g/mol. The molecular formula is C16H12Cl3NO. The van der Waals surface area contributed by atoms with Crippen molar-refractivity contribution in [1.82, 2.24) is 5.32 Å². The number of carbonyl (C=O) groups is 1. The number of hydrogen-bond acceptors (Lipinski definition) is 1. The van der Waals surface area contributed by atoms with Gasteiger partial charge in [-0.25, -0.2) is 0 Å². The van der Waals surface area contributed by atoms with Gasteiger partial charge in [-0.3, -0.25) is 4.79 Å². The van der Waals surface area contributed by atoms with Crippen LogP contribution in [0, 0.1) is 0 Å². The number of nitrogens with one attached hydrogen (secondary N) is 1. The molecule has 5 heteroatoms. The third-order valence-corrected chi connectivity index (χ3v) is 3.74. The molecule has 2 aromatic carbocycles. The van der Waals surface area contributed by atoms with Gasteiger partial charge in [0.25, 0.3) is 0 Å². The summed E-state index contributed by atoms with van der Waals surface area (Å²) in [6.45, 7) is 0.390. The third-order valence-electron chi connectivity index (χ3n) is 2.75. The highest BCUT2D eigenvalue weighted by Gasteiger charge is 2.01. The highest BCUT2D eigenvalue weighted by Crippen LogP contribution is 2.22. The number of halogens is 3. The zero-order chi connectivity index (χ0) is 15.2. The van der Waals surface area contributed by atoms with Crippen molar-refractivity contribution in [3.63, 3.8) is 0 Å². The van der Waals surface area contributed by atoms with Crippen LogP contribution in [0.4, 0.5) is 0 Å². The first-order valence-corrected chi connectivity index (χ1v) is 7.33. The molecule has 2 rings (SSSR count). The Bertz CT molecular complexity index is 666. The van der Waals surface area contributed by atoms with E-state index in [1.54, 1.807) is 30.3 Å². The first-order chi connectivity index (χ1) is 10.0. The van der Waals surface area contributed by atoms with Gasteiger partial charge in [-0.15, -0.1) is 0 Å². The highest BCUT2D eigenvalue weighted by atomic mass is 35.5. The summed E-state index contributed by atoms with van der Waals surface area (Å²) in [5.74, 6) is -0.184. The molecule has 0 saturated heterocycles. The molecule has 108 valence electrons. The summed E-state index contributed by atoms with van der Waals surface area (Å²) in [4.78, 5) is 11.7. The first kappa shape index (κ1) is 15.9. The normalized spacial score (nSPS) is 10.8. The van der Waals surface area contributed by atoms with E-state index < -0.39 is 0 Å². The molecule has 21 heavy (non-hydrogen) atoms. The minimum absolute atomic E-state index is 0.184. The van der Waals surface area contributed by atoms with Gasteiger partial charge in [0.15, 0.2) is 0 Å². The average molecular weight is 341 g/mol. The SMILES string of the molecule is O=C(C=Cc1ccc(Cl)cc1)NCc1ccc(Cl)c(Cl)c1. The lowest BCUT2D eigenvalue weighted by Gasteiger charge is -2.04. The predicted octanol–water partition coefficient (Wildman–Crippen LogP) is 4.98. The first-order valence-electron chi connectivity index (χ1n) is 6.20. The van der Waals surface area contributed by atoms with Gasteiger partial charge in [-0.1, -0.05) is 53.0 Å². The van der Waals surface area contributed by atoms with Crippen molar-refractivity contribution in [2.24, 2.45) is 0 Å². The van der Waals surface area contributed by atoms with Gasteiger partial charge < -0.3 is 5.32 Å². The van der Waals surface area contributed by atoms with Gasteiger partial charge in [0.1, 0.15) is 0 Å².